The van der Waals surface area contributed by atoms with Crippen molar-refractivity contribution in [3.05, 3.63) is 64.7 Å². The molecule has 9 heteroatoms. The first-order valence-corrected chi connectivity index (χ1v) is 12.9. The Morgan fingerprint density at radius 1 is 1.03 bits per heavy atom. The van der Waals surface area contributed by atoms with E-state index in [0.29, 0.717) is 34.7 Å². The predicted molar refractivity (Wildman–Crippen MR) is 131 cm³/mol. The molecule has 0 saturated carbocycles. The maximum atomic E-state index is 12.9. The second-order valence-corrected chi connectivity index (χ2v) is 11.6. The Kier molecular flexibility index (Phi) is 7.82. The van der Waals surface area contributed by atoms with Crippen molar-refractivity contribution < 1.29 is 18.0 Å². The molecule has 2 amide bonds. The number of para-hydroxylation sites is 1. The summed E-state index contributed by atoms with van der Waals surface area (Å²) in [6.07, 6.45) is 0.813. The number of nitrogens with zero attached hydrogens (tertiary/aromatic N) is 1. The van der Waals surface area contributed by atoms with E-state index < -0.39 is 15.6 Å². The highest BCUT2D eigenvalue weighted by molar-refractivity contribution is 7.88. The van der Waals surface area contributed by atoms with E-state index in [1.807, 2.05) is 20.8 Å². The maximum absolute atomic E-state index is 12.9. The number of nitrogens with one attached hydrogen (secondary N) is 2. The maximum Gasteiger partial charge on any atom is 0.253 e. The Bertz CT molecular complexity index is 1120. The molecule has 3 rings (SSSR count). The standard InChI is InChI=1S/C24H30ClN3O4S/c1-24(2,3)27-23(30)19-9-5-7-11-21(19)26-22(29)17-12-14-28(15-13-17)33(31,32)16-18-8-4-6-10-20(18)25/h4-11,17H,12-16H2,1-3H3,(H,26,29)(H,27,30). The minimum Gasteiger partial charge on any atom is -0.347 e. The summed E-state index contributed by atoms with van der Waals surface area (Å²) in [6, 6.07) is 13.7. The zero-order valence-corrected chi connectivity index (χ0v) is 20.7. The van der Waals surface area contributed by atoms with Gasteiger partial charge in [-0.05, 0) is 57.4 Å². The van der Waals surface area contributed by atoms with E-state index in [1.165, 1.54) is 4.31 Å². The molecule has 2 aromatic rings. The number of hydrogen-bond donors (Lipinski definition) is 2. The molecule has 2 N–H and O–H groups in total. The first kappa shape index (κ1) is 25.2. The highest BCUT2D eigenvalue weighted by Crippen LogP contribution is 2.26. The van der Waals surface area contributed by atoms with Crippen molar-refractivity contribution >= 4 is 39.1 Å². The van der Waals surface area contributed by atoms with Crippen LogP contribution in [0.4, 0.5) is 5.69 Å². The van der Waals surface area contributed by atoms with Crippen molar-refractivity contribution in [3.63, 3.8) is 0 Å². The van der Waals surface area contributed by atoms with Crippen LogP contribution >= 0.6 is 11.6 Å². The van der Waals surface area contributed by atoms with Crippen LogP contribution in [0.15, 0.2) is 48.5 Å². The largest absolute Gasteiger partial charge is 0.347 e. The number of halogens is 1. The fourth-order valence-corrected chi connectivity index (χ4v) is 5.61. The monoisotopic (exact) mass is 491 g/mol. The van der Waals surface area contributed by atoms with E-state index >= 15 is 0 Å². The third kappa shape index (κ3) is 6.79. The zero-order valence-electron chi connectivity index (χ0n) is 19.1. The predicted octanol–water partition coefficient (Wildman–Crippen LogP) is 4.05. The lowest BCUT2D eigenvalue weighted by Crippen LogP contribution is -2.42. The van der Waals surface area contributed by atoms with E-state index in [4.69, 9.17) is 11.6 Å². The Hall–Kier alpha value is -2.42. The number of rotatable bonds is 6. The molecule has 178 valence electrons. The number of benzene rings is 2. The summed E-state index contributed by atoms with van der Waals surface area (Å²) in [7, 11) is -3.54. The van der Waals surface area contributed by atoms with Crippen molar-refractivity contribution in [2.45, 2.75) is 44.9 Å². The highest BCUT2D eigenvalue weighted by Gasteiger charge is 2.32. The summed E-state index contributed by atoms with van der Waals surface area (Å²) in [5, 5.41) is 6.19. The van der Waals surface area contributed by atoms with Gasteiger partial charge in [0, 0.05) is 29.6 Å². The number of sulfonamides is 1. The lowest BCUT2D eigenvalue weighted by atomic mass is 9.97. The van der Waals surface area contributed by atoms with Gasteiger partial charge in [-0.25, -0.2) is 12.7 Å². The summed E-state index contributed by atoms with van der Waals surface area (Å²) >= 11 is 6.12. The van der Waals surface area contributed by atoms with Gasteiger partial charge in [-0.1, -0.05) is 41.9 Å². The van der Waals surface area contributed by atoms with Crippen LogP contribution in [0.2, 0.25) is 5.02 Å². The van der Waals surface area contributed by atoms with Gasteiger partial charge < -0.3 is 10.6 Å². The fraction of sp³-hybridized carbons (Fsp3) is 0.417. The summed E-state index contributed by atoms with van der Waals surface area (Å²) < 4.78 is 27.1. The zero-order chi connectivity index (χ0) is 24.2. The Morgan fingerprint density at radius 2 is 1.64 bits per heavy atom. The van der Waals surface area contributed by atoms with Gasteiger partial charge in [-0.2, -0.15) is 0 Å². The molecule has 0 aromatic heterocycles. The van der Waals surface area contributed by atoms with Gasteiger partial charge in [-0.15, -0.1) is 0 Å². The van der Waals surface area contributed by atoms with Gasteiger partial charge in [0.15, 0.2) is 0 Å². The molecule has 1 saturated heterocycles. The molecule has 1 fully saturated rings. The van der Waals surface area contributed by atoms with Crippen LogP contribution in [-0.2, 0) is 20.6 Å². The molecule has 33 heavy (non-hydrogen) atoms. The minimum atomic E-state index is -3.54. The summed E-state index contributed by atoms with van der Waals surface area (Å²) in [4.78, 5) is 25.5. The Morgan fingerprint density at radius 3 is 2.27 bits per heavy atom. The lowest BCUT2D eigenvalue weighted by Gasteiger charge is -2.31. The molecule has 7 nitrogen and oxygen atoms in total. The van der Waals surface area contributed by atoms with Crippen molar-refractivity contribution in [3.8, 4) is 0 Å². The number of anilines is 1. The first-order chi connectivity index (χ1) is 15.5. The van der Waals surface area contributed by atoms with E-state index in [1.54, 1.807) is 48.5 Å². The molecular weight excluding hydrogens is 462 g/mol. The first-order valence-electron chi connectivity index (χ1n) is 10.9. The van der Waals surface area contributed by atoms with Crippen molar-refractivity contribution in [1.82, 2.24) is 9.62 Å². The molecule has 0 aliphatic carbocycles. The second-order valence-electron chi connectivity index (χ2n) is 9.26. The molecule has 1 aliphatic rings. The van der Waals surface area contributed by atoms with E-state index in [0.717, 1.165) is 0 Å². The highest BCUT2D eigenvalue weighted by atomic mass is 35.5. The number of piperidine rings is 1. The lowest BCUT2D eigenvalue weighted by molar-refractivity contribution is -0.120. The summed E-state index contributed by atoms with van der Waals surface area (Å²) in [6.45, 7) is 6.19. The number of hydrogen-bond acceptors (Lipinski definition) is 4. The minimum absolute atomic E-state index is 0.167. The number of amides is 2. The molecule has 2 aromatic carbocycles. The molecule has 0 spiro atoms. The molecule has 1 aliphatic heterocycles. The van der Waals surface area contributed by atoms with Crippen LogP contribution in [0, 0.1) is 5.92 Å². The van der Waals surface area contributed by atoms with E-state index in [9.17, 15) is 18.0 Å². The van der Waals surface area contributed by atoms with Crippen LogP contribution in [0.1, 0.15) is 49.5 Å². The van der Waals surface area contributed by atoms with Crippen molar-refractivity contribution in [2.75, 3.05) is 18.4 Å². The molecule has 1 heterocycles. The molecule has 0 unspecified atom stereocenters. The third-order valence-corrected chi connectivity index (χ3v) is 7.63. The summed E-state index contributed by atoms with van der Waals surface area (Å²) in [5.41, 5.74) is 0.985. The van der Waals surface area contributed by atoms with Crippen LogP contribution in [-0.4, -0.2) is 43.2 Å². The van der Waals surface area contributed by atoms with Gasteiger partial charge in [0.1, 0.15) is 0 Å². The third-order valence-electron chi connectivity index (χ3n) is 5.43. The fourth-order valence-electron chi connectivity index (χ4n) is 3.73. The van der Waals surface area contributed by atoms with Gasteiger partial charge in [0.05, 0.1) is 17.0 Å². The number of carbonyl (C=O) groups excluding carboxylic acids is 2. The topological polar surface area (TPSA) is 95.6 Å². The number of carbonyl (C=O) groups is 2. The van der Waals surface area contributed by atoms with Crippen LogP contribution in [0.25, 0.3) is 0 Å². The normalized spacial score (nSPS) is 15.8. The van der Waals surface area contributed by atoms with Gasteiger partial charge in [0.25, 0.3) is 5.91 Å². The summed E-state index contributed by atoms with van der Waals surface area (Å²) in [5.74, 6) is -0.983. The SMILES string of the molecule is CC(C)(C)NC(=O)c1ccccc1NC(=O)C1CCN(S(=O)(=O)Cc2ccccc2Cl)CC1. The van der Waals surface area contributed by atoms with Gasteiger partial charge in [-0.3, -0.25) is 9.59 Å². The van der Waals surface area contributed by atoms with Crippen LogP contribution in [0.5, 0.6) is 0 Å². The molecule has 0 radical (unpaired) electrons. The smallest absolute Gasteiger partial charge is 0.253 e. The Balaban J connectivity index is 1.61. The molecule has 0 bridgehead atoms. The van der Waals surface area contributed by atoms with Gasteiger partial charge in [0.2, 0.25) is 15.9 Å². The van der Waals surface area contributed by atoms with Crippen LogP contribution < -0.4 is 10.6 Å². The average Bonchev–Trinajstić information content (AvgIpc) is 2.74. The molecule has 0 atom stereocenters. The van der Waals surface area contributed by atoms with Crippen molar-refractivity contribution in [1.29, 1.82) is 0 Å². The van der Waals surface area contributed by atoms with Crippen LogP contribution in [0.3, 0.4) is 0 Å². The second kappa shape index (κ2) is 10.2. The quantitative estimate of drug-likeness (QED) is 0.637. The average molecular weight is 492 g/mol. The van der Waals surface area contributed by atoms with E-state index in [-0.39, 0.29) is 36.6 Å². The van der Waals surface area contributed by atoms with Gasteiger partial charge >= 0.3 is 0 Å². The van der Waals surface area contributed by atoms with Crippen molar-refractivity contribution in [2.24, 2.45) is 5.92 Å². The molecular formula is C24H30ClN3O4S. The van der Waals surface area contributed by atoms with E-state index in [2.05, 4.69) is 10.6 Å². The Labute approximate surface area is 200 Å².